The van der Waals surface area contributed by atoms with Crippen LogP contribution in [0.1, 0.15) is 10.4 Å². The summed E-state index contributed by atoms with van der Waals surface area (Å²) in [4.78, 5) is 16.6. The second-order valence-electron chi connectivity index (χ2n) is 4.97. The van der Waals surface area contributed by atoms with E-state index in [-0.39, 0.29) is 23.8 Å². The normalized spacial score (nSPS) is 21.2. The number of hydrazone groups is 1. The van der Waals surface area contributed by atoms with E-state index in [1.54, 1.807) is 30.3 Å². The van der Waals surface area contributed by atoms with Crippen molar-refractivity contribution in [1.29, 1.82) is 0 Å². The molecule has 2 aliphatic rings. The summed E-state index contributed by atoms with van der Waals surface area (Å²) in [5.41, 5.74) is 3.15. The van der Waals surface area contributed by atoms with Gasteiger partial charge in [-0.3, -0.25) is 9.79 Å². The Balaban J connectivity index is 1.82. The van der Waals surface area contributed by atoms with Gasteiger partial charge in [0.1, 0.15) is 11.0 Å². The zero-order chi connectivity index (χ0) is 15.6. The summed E-state index contributed by atoms with van der Waals surface area (Å²) >= 11 is 1.46. The van der Waals surface area contributed by atoms with Gasteiger partial charge in [0.15, 0.2) is 9.84 Å². The number of thioether (sulfide) groups is 1. The van der Waals surface area contributed by atoms with Gasteiger partial charge < -0.3 is 5.43 Å². The molecule has 1 atom stereocenters. The summed E-state index contributed by atoms with van der Waals surface area (Å²) in [6.07, 6.45) is 0. The topological polar surface area (TPSA) is 88.0 Å². The molecule has 0 aromatic heterocycles. The zero-order valence-electron chi connectivity index (χ0n) is 11.7. The van der Waals surface area contributed by atoms with Crippen LogP contribution < -0.4 is 5.43 Å². The van der Waals surface area contributed by atoms with Gasteiger partial charge in [0.05, 0.1) is 17.3 Å². The van der Waals surface area contributed by atoms with E-state index in [1.807, 2.05) is 0 Å². The Labute approximate surface area is 133 Å². The second kappa shape index (κ2) is 6.21. The standard InChI is InChI=1S/C14H15N3O3S2/c18-14(10-4-2-1-3-5-10)13-11(8-16-17-13)22(19,20)9-12-15-6-7-21-12/h1-5,11,16H,6-9H2. The molecule has 0 saturated carbocycles. The highest BCUT2D eigenvalue weighted by molar-refractivity contribution is 8.15. The SMILES string of the molecule is O=C(C1=NNCC1S(=O)(=O)CC1=NCCS1)c1ccccc1. The molecule has 0 radical (unpaired) electrons. The van der Waals surface area contributed by atoms with Gasteiger partial charge in [-0.15, -0.1) is 11.8 Å². The van der Waals surface area contributed by atoms with Crippen LogP contribution in [0, 0.1) is 0 Å². The summed E-state index contributed by atoms with van der Waals surface area (Å²) in [5, 5.41) is 3.64. The molecule has 116 valence electrons. The van der Waals surface area contributed by atoms with Gasteiger partial charge in [0, 0.05) is 17.9 Å². The number of carbonyl (C=O) groups excluding carboxylic acids is 1. The quantitative estimate of drug-likeness (QED) is 0.801. The molecule has 22 heavy (non-hydrogen) atoms. The number of nitrogens with zero attached hydrogens (tertiary/aromatic N) is 2. The van der Waals surface area contributed by atoms with Gasteiger partial charge in [-0.1, -0.05) is 30.3 Å². The van der Waals surface area contributed by atoms with Crippen molar-refractivity contribution in [2.24, 2.45) is 10.1 Å². The molecular weight excluding hydrogens is 322 g/mol. The van der Waals surface area contributed by atoms with Crippen LogP contribution in [-0.2, 0) is 9.84 Å². The summed E-state index contributed by atoms with van der Waals surface area (Å²) in [6.45, 7) is 0.788. The lowest BCUT2D eigenvalue weighted by molar-refractivity contribution is 0.106. The molecule has 1 unspecified atom stereocenters. The molecule has 0 spiro atoms. The maximum atomic E-state index is 12.6. The predicted molar refractivity (Wildman–Crippen MR) is 88.5 cm³/mol. The minimum atomic E-state index is -3.51. The summed E-state index contributed by atoms with van der Waals surface area (Å²) < 4.78 is 25.1. The number of hydrogen-bond donors (Lipinski definition) is 1. The fourth-order valence-electron chi connectivity index (χ4n) is 2.35. The molecule has 0 amide bonds. The number of ketones is 1. The van der Waals surface area contributed by atoms with E-state index >= 15 is 0 Å². The van der Waals surface area contributed by atoms with Crippen molar-refractivity contribution in [3.63, 3.8) is 0 Å². The Morgan fingerprint density at radius 1 is 1.32 bits per heavy atom. The van der Waals surface area contributed by atoms with E-state index in [9.17, 15) is 13.2 Å². The first-order valence-corrected chi connectivity index (χ1v) is 9.56. The van der Waals surface area contributed by atoms with Crippen LogP contribution in [0.25, 0.3) is 0 Å². The number of rotatable bonds is 5. The van der Waals surface area contributed by atoms with Crippen LogP contribution in [0.3, 0.4) is 0 Å². The minimum absolute atomic E-state index is 0.0646. The van der Waals surface area contributed by atoms with E-state index in [2.05, 4.69) is 15.5 Å². The Bertz CT molecular complexity index is 742. The molecule has 1 N–H and O–H groups in total. The lowest BCUT2D eigenvalue weighted by atomic mass is 10.1. The van der Waals surface area contributed by atoms with E-state index in [4.69, 9.17) is 0 Å². The van der Waals surface area contributed by atoms with E-state index < -0.39 is 15.1 Å². The van der Waals surface area contributed by atoms with Crippen LogP contribution >= 0.6 is 11.8 Å². The molecule has 8 heteroatoms. The number of nitrogens with one attached hydrogen (secondary N) is 1. The smallest absolute Gasteiger partial charge is 0.210 e. The highest BCUT2D eigenvalue weighted by atomic mass is 32.2. The fraction of sp³-hybridized carbons (Fsp3) is 0.357. The molecule has 1 aromatic rings. The monoisotopic (exact) mass is 337 g/mol. The molecule has 0 bridgehead atoms. The Hall–Kier alpha value is -1.67. The van der Waals surface area contributed by atoms with Crippen LogP contribution in [-0.4, -0.2) is 54.8 Å². The first kappa shape index (κ1) is 15.2. The third-order valence-corrected chi connectivity index (χ3v) is 6.56. The maximum absolute atomic E-state index is 12.6. The average Bonchev–Trinajstić information content (AvgIpc) is 3.18. The third kappa shape index (κ3) is 3.07. The largest absolute Gasteiger partial charge is 0.308 e. The van der Waals surface area contributed by atoms with Crippen molar-refractivity contribution in [1.82, 2.24) is 5.43 Å². The van der Waals surface area contributed by atoms with Gasteiger partial charge >= 0.3 is 0 Å². The lowest BCUT2D eigenvalue weighted by Crippen LogP contribution is -2.38. The third-order valence-electron chi connectivity index (χ3n) is 3.46. The van der Waals surface area contributed by atoms with Crippen LogP contribution in [0.2, 0.25) is 0 Å². The Morgan fingerprint density at radius 3 is 2.77 bits per heavy atom. The van der Waals surface area contributed by atoms with Gasteiger partial charge in [0.2, 0.25) is 5.78 Å². The number of benzene rings is 1. The van der Waals surface area contributed by atoms with Crippen molar-refractivity contribution in [2.45, 2.75) is 5.25 Å². The fourth-order valence-corrected chi connectivity index (χ4v) is 5.25. The van der Waals surface area contributed by atoms with Crippen molar-refractivity contribution >= 4 is 38.1 Å². The van der Waals surface area contributed by atoms with Gasteiger partial charge in [-0.2, -0.15) is 5.10 Å². The summed E-state index contributed by atoms with van der Waals surface area (Å²) in [6, 6.07) is 8.59. The van der Waals surface area contributed by atoms with Crippen LogP contribution in [0.5, 0.6) is 0 Å². The Kier molecular flexibility index (Phi) is 4.30. The summed E-state index contributed by atoms with van der Waals surface area (Å²) in [7, 11) is -3.51. The number of aliphatic imine (C=N–C) groups is 1. The molecule has 2 aliphatic heterocycles. The van der Waals surface area contributed by atoms with Crippen LogP contribution in [0.15, 0.2) is 40.4 Å². The highest BCUT2D eigenvalue weighted by Gasteiger charge is 2.38. The first-order chi connectivity index (χ1) is 10.6. The number of Topliss-reactive ketones (excluding diaryl/α,β-unsaturated/α-hetero) is 1. The maximum Gasteiger partial charge on any atom is 0.210 e. The van der Waals surface area contributed by atoms with Crippen LogP contribution in [0.4, 0.5) is 0 Å². The van der Waals surface area contributed by atoms with Crippen molar-refractivity contribution in [3.8, 4) is 0 Å². The second-order valence-corrected chi connectivity index (χ2v) is 8.33. The Morgan fingerprint density at radius 2 is 2.09 bits per heavy atom. The molecule has 0 saturated heterocycles. The van der Waals surface area contributed by atoms with E-state index in [0.717, 1.165) is 5.75 Å². The number of hydrogen-bond acceptors (Lipinski definition) is 7. The van der Waals surface area contributed by atoms with Crippen molar-refractivity contribution in [2.75, 3.05) is 24.6 Å². The van der Waals surface area contributed by atoms with Crippen molar-refractivity contribution in [3.05, 3.63) is 35.9 Å². The predicted octanol–water partition coefficient (Wildman–Crippen LogP) is 0.757. The lowest BCUT2D eigenvalue weighted by Gasteiger charge is -2.12. The van der Waals surface area contributed by atoms with E-state index in [1.165, 1.54) is 11.8 Å². The van der Waals surface area contributed by atoms with Gasteiger partial charge in [0.25, 0.3) is 0 Å². The molecule has 0 fully saturated rings. The van der Waals surface area contributed by atoms with E-state index in [0.29, 0.717) is 17.2 Å². The molecular formula is C14H15N3O3S2. The summed E-state index contributed by atoms with van der Waals surface area (Å²) in [5.74, 6) is 0.350. The van der Waals surface area contributed by atoms with Gasteiger partial charge in [-0.05, 0) is 0 Å². The minimum Gasteiger partial charge on any atom is -0.308 e. The average molecular weight is 337 g/mol. The zero-order valence-corrected chi connectivity index (χ0v) is 13.4. The molecule has 2 heterocycles. The number of sulfone groups is 1. The van der Waals surface area contributed by atoms with Gasteiger partial charge in [-0.25, -0.2) is 8.42 Å². The molecule has 6 nitrogen and oxygen atoms in total. The molecule has 3 rings (SSSR count). The van der Waals surface area contributed by atoms with Crippen molar-refractivity contribution < 1.29 is 13.2 Å². The highest BCUT2D eigenvalue weighted by Crippen LogP contribution is 2.19. The molecule has 0 aliphatic carbocycles. The first-order valence-electron chi connectivity index (χ1n) is 6.86. The number of carbonyl (C=O) groups is 1. The molecule has 1 aromatic carbocycles.